The van der Waals surface area contributed by atoms with E-state index in [2.05, 4.69) is 31.5 Å². The van der Waals surface area contributed by atoms with Crippen molar-refractivity contribution in [2.45, 2.75) is 48.5 Å². The topological polar surface area (TPSA) is 109 Å². The summed E-state index contributed by atoms with van der Waals surface area (Å²) in [4.78, 5) is 21.9. The third kappa shape index (κ3) is 3.34. The Morgan fingerprint density at radius 2 is 2.09 bits per heavy atom. The number of thioether (sulfide) groups is 1. The fraction of sp³-hybridized carbons (Fsp3) is 0.542. The van der Waals surface area contributed by atoms with E-state index in [4.69, 9.17) is 9.47 Å². The number of hydrazine groups is 1. The summed E-state index contributed by atoms with van der Waals surface area (Å²) in [5.41, 5.74) is 8.62. The van der Waals surface area contributed by atoms with E-state index in [9.17, 15) is 4.79 Å². The van der Waals surface area contributed by atoms with Gasteiger partial charge in [0.05, 0.1) is 32.0 Å². The largest absolute Gasteiger partial charge is 0.497 e. The number of methoxy groups -OCH3 is 2. The van der Waals surface area contributed by atoms with Crippen LogP contribution in [0.1, 0.15) is 31.2 Å². The molecule has 6 atom stereocenters. The molecule has 2 aliphatic carbocycles. The van der Waals surface area contributed by atoms with E-state index in [1.165, 1.54) is 11.8 Å². The van der Waals surface area contributed by atoms with Gasteiger partial charge in [0.25, 0.3) is 0 Å². The first-order valence-corrected chi connectivity index (χ1v) is 13.0. The Kier molecular flexibility index (Phi) is 5.34. The minimum absolute atomic E-state index is 0.0531. The number of carbonyl (C=O) groups excluding carboxylic acids is 1. The summed E-state index contributed by atoms with van der Waals surface area (Å²) < 4.78 is 10.9. The van der Waals surface area contributed by atoms with Crippen molar-refractivity contribution < 1.29 is 14.3 Å². The van der Waals surface area contributed by atoms with Gasteiger partial charge in [0.2, 0.25) is 5.91 Å². The number of carbonyl (C=O) groups is 1. The lowest BCUT2D eigenvalue weighted by Crippen LogP contribution is -2.39. The van der Waals surface area contributed by atoms with Gasteiger partial charge in [0.15, 0.2) is 16.7 Å². The van der Waals surface area contributed by atoms with Gasteiger partial charge in [-0.1, -0.05) is 11.8 Å². The van der Waals surface area contributed by atoms with Crippen molar-refractivity contribution in [3.63, 3.8) is 0 Å². The standard InChI is InChI=1S/C24H30N6O3S/c1-32-13-5-7-17-15(9-13)24(22(31)26-17)10-16(24)12-4-6-14-18(8-12)29-30-20(14)27-21-19(33-2)11-25-23(28-21)34-3/h5,7,9,11-12,14,16,18,20,29-30H,4,6,8,10H2,1-3H3,(H,26,31)(H,25,27,28)/t12?,14?,16-,18?,20?,24-/m0/s1. The highest BCUT2D eigenvalue weighted by Gasteiger charge is 2.67. The van der Waals surface area contributed by atoms with E-state index < -0.39 is 0 Å². The Bertz CT molecular complexity index is 1130. The summed E-state index contributed by atoms with van der Waals surface area (Å²) in [6.45, 7) is 0. The zero-order chi connectivity index (χ0) is 23.4. The zero-order valence-corrected chi connectivity index (χ0v) is 20.4. The highest BCUT2D eigenvalue weighted by molar-refractivity contribution is 7.98. The molecule has 0 radical (unpaired) electrons. The number of aromatic nitrogens is 2. The van der Waals surface area contributed by atoms with Crippen LogP contribution in [0.3, 0.4) is 0 Å². The molecule has 2 aliphatic heterocycles. The molecule has 1 aromatic heterocycles. The number of rotatable bonds is 6. The average Bonchev–Trinajstić information content (AvgIpc) is 3.42. The Hall–Kier alpha value is -2.56. The second kappa shape index (κ2) is 8.28. The third-order valence-electron chi connectivity index (χ3n) is 8.17. The van der Waals surface area contributed by atoms with Crippen LogP contribution in [0.2, 0.25) is 0 Å². The van der Waals surface area contributed by atoms with Crippen molar-refractivity contribution >= 4 is 29.2 Å². The highest BCUT2D eigenvalue weighted by atomic mass is 32.2. The van der Waals surface area contributed by atoms with E-state index >= 15 is 0 Å². The first-order chi connectivity index (χ1) is 16.6. The quantitative estimate of drug-likeness (QED) is 0.365. The highest BCUT2D eigenvalue weighted by Crippen LogP contribution is 2.65. The SMILES string of the molecule is COc1ccc2c(c1)[C@]1(C[C@H]1C1CCC3C(C1)NNC3Nc1nc(SC)ncc1OC)C(=O)N2. The van der Waals surface area contributed by atoms with E-state index in [0.29, 0.717) is 40.5 Å². The van der Waals surface area contributed by atoms with Crippen molar-refractivity contribution in [2.75, 3.05) is 31.1 Å². The second-order valence-electron chi connectivity index (χ2n) is 9.68. The van der Waals surface area contributed by atoms with Crippen LogP contribution in [0.25, 0.3) is 0 Å². The predicted molar refractivity (Wildman–Crippen MR) is 130 cm³/mol. The number of anilines is 2. The lowest BCUT2D eigenvalue weighted by atomic mass is 9.74. The average molecular weight is 483 g/mol. The van der Waals surface area contributed by atoms with E-state index in [0.717, 1.165) is 42.7 Å². The summed E-state index contributed by atoms with van der Waals surface area (Å²) >= 11 is 1.51. The molecule has 2 saturated carbocycles. The number of nitrogens with zero attached hydrogens (tertiary/aromatic N) is 2. The summed E-state index contributed by atoms with van der Waals surface area (Å²) in [7, 11) is 3.31. The van der Waals surface area contributed by atoms with Crippen molar-refractivity contribution in [2.24, 2.45) is 17.8 Å². The van der Waals surface area contributed by atoms with Crippen molar-refractivity contribution in [3.05, 3.63) is 30.0 Å². The molecule has 1 spiro atoms. The fourth-order valence-electron chi connectivity index (χ4n) is 6.37. The van der Waals surface area contributed by atoms with Crippen molar-refractivity contribution in [1.82, 2.24) is 20.8 Å². The monoisotopic (exact) mass is 482 g/mol. The molecular weight excluding hydrogens is 452 g/mol. The molecule has 10 heteroatoms. The molecule has 1 aromatic carbocycles. The molecule has 180 valence electrons. The Balaban J connectivity index is 1.16. The zero-order valence-electron chi connectivity index (χ0n) is 19.6. The summed E-state index contributed by atoms with van der Waals surface area (Å²) in [6, 6.07) is 6.27. The van der Waals surface area contributed by atoms with Gasteiger partial charge in [0, 0.05) is 17.6 Å². The molecule has 2 aromatic rings. The molecule has 9 nitrogen and oxygen atoms in total. The normalized spacial score (nSPS) is 33.3. The van der Waals surface area contributed by atoms with Crippen molar-refractivity contribution in [3.8, 4) is 11.5 Å². The molecule has 3 heterocycles. The molecule has 6 rings (SSSR count). The van der Waals surface area contributed by atoms with Crippen LogP contribution in [0.5, 0.6) is 11.5 Å². The molecule has 0 bridgehead atoms. The number of benzene rings is 1. The lowest BCUT2D eigenvalue weighted by Gasteiger charge is -2.34. The van der Waals surface area contributed by atoms with E-state index in [-0.39, 0.29) is 17.5 Å². The Morgan fingerprint density at radius 3 is 2.88 bits per heavy atom. The van der Waals surface area contributed by atoms with Crippen LogP contribution in [-0.2, 0) is 10.2 Å². The van der Waals surface area contributed by atoms with Gasteiger partial charge in [-0.25, -0.2) is 15.4 Å². The summed E-state index contributed by atoms with van der Waals surface area (Å²) in [5, 5.41) is 7.36. The van der Waals surface area contributed by atoms with Gasteiger partial charge in [-0.3, -0.25) is 10.2 Å². The third-order valence-corrected chi connectivity index (χ3v) is 8.73. The van der Waals surface area contributed by atoms with Gasteiger partial charge in [-0.2, -0.15) is 0 Å². The second-order valence-corrected chi connectivity index (χ2v) is 10.4. The smallest absolute Gasteiger partial charge is 0.235 e. The lowest BCUT2D eigenvalue weighted by molar-refractivity contribution is -0.118. The maximum atomic E-state index is 13.0. The van der Waals surface area contributed by atoms with Gasteiger partial charge in [0.1, 0.15) is 5.75 Å². The first-order valence-electron chi connectivity index (χ1n) is 11.8. The molecule has 4 aliphatic rings. The van der Waals surface area contributed by atoms with E-state index in [1.807, 2.05) is 24.5 Å². The van der Waals surface area contributed by atoms with Gasteiger partial charge < -0.3 is 20.1 Å². The number of ether oxygens (including phenoxy) is 2. The van der Waals surface area contributed by atoms with Crippen LogP contribution in [0.15, 0.2) is 29.6 Å². The maximum Gasteiger partial charge on any atom is 0.235 e. The molecule has 34 heavy (non-hydrogen) atoms. The minimum Gasteiger partial charge on any atom is -0.497 e. The molecule has 1 amide bonds. The van der Waals surface area contributed by atoms with E-state index in [1.54, 1.807) is 20.4 Å². The number of nitrogens with one attached hydrogen (secondary N) is 4. The predicted octanol–water partition coefficient (Wildman–Crippen LogP) is 2.76. The first kappa shape index (κ1) is 21.9. The number of amides is 1. The number of hydrogen-bond donors (Lipinski definition) is 4. The Morgan fingerprint density at radius 1 is 1.21 bits per heavy atom. The van der Waals surface area contributed by atoms with Crippen molar-refractivity contribution in [1.29, 1.82) is 0 Å². The Labute approximate surface area is 203 Å². The van der Waals surface area contributed by atoms with Crippen LogP contribution in [-0.4, -0.2) is 48.6 Å². The van der Waals surface area contributed by atoms with Crippen LogP contribution in [0.4, 0.5) is 11.5 Å². The van der Waals surface area contributed by atoms with Gasteiger partial charge in [-0.15, -0.1) is 0 Å². The molecule has 4 unspecified atom stereocenters. The number of fused-ring (bicyclic) bond motifs is 3. The molecule has 1 saturated heterocycles. The molecular formula is C24H30N6O3S. The number of hydrogen-bond acceptors (Lipinski definition) is 9. The molecule has 4 N–H and O–H groups in total. The summed E-state index contributed by atoms with van der Waals surface area (Å²) in [6.07, 6.45) is 7.88. The van der Waals surface area contributed by atoms with Crippen LogP contribution in [0, 0.1) is 17.8 Å². The van der Waals surface area contributed by atoms with Crippen LogP contribution < -0.4 is 31.0 Å². The van der Waals surface area contributed by atoms with Gasteiger partial charge >= 0.3 is 0 Å². The van der Waals surface area contributed by atoms with Crippen LogP contribution >= 0.6 is 11.8 Å². The van der Waals surface area contributed by atoms with Gasteiger partial charge in [-0.05, 0) is 67.5 Å². The minimum atomic E-state index is -0.381. The maximum absolute atomic E-state index is 13.0. The fourth-order valence-corrected chi connectivity index (χ4v) is 6.71. The molecule has 3 fully saturated rings. The summed E-state index contributed by atoms with van der Waals surface area (Å²) in [5.74, 6) is 3.62.